The molecule has 1 N–H and O–H groups in total. The monoisotopic (exact) mass is 411 g/mol. The van der Waals surface area contributed by atoms with E-state index in [0.29, 0.717) is 22.2 Å². The van der Waals surface area contributed by atoms with Gasteiger partial charge in [-0.1, -0.05) is 35.3 Å². The maximum absolute atomic E-state index is 12.5. The zero-order valence-electron chi connectivity index (χ0n) is 14.8. The van der Waals surface area contributed by atoms with Crippen LogP contribution in [0.5, 0.6) is 0 Å². The van der Waals surface area contributed by atoms with Gasteiger partial charge in [-0.05, 0) is 36.2 Å². The van der Waals surface area contributed by atoms with Crippen molar-refractivity contribution in [3.05, 3.63) is 56.2 Å². The Morgan fingerprint density at radius 1 is 1.15 bits per heavy atom. The fourth-order valence-electron chi connectivity index (χ4n) is 3.16. The number of hydrogen-bond donors (Lipinski definition) is 1. The molecule has 1 atom stereocenters. The standard InChI is InChI=1S/C19H23Cl2N3OS/c1-23-7-9-24(10-8-23)17(18-6-3-11-26-18)13-22-19(25)12-14-15(20)4-2-5-16(14)21/h2-6,11,17H,7-10,12-13H2,1H3,(H,22,25)/t17-/m0/s1. The molecule has 0 radical (unpaired) electrons. The Labute approximate surface area is 168 Å². The van der Waals surface area contributed by atoms with E-state index < -0.39 is 0 Å². The second-order valence-electron chi connectivity index (χ2n) is 6.55. The van der Waals surface area contributed by atoms with Crippen molar-refractivity contribution < 1.29 is 4.79 Å². The van der Waals surface area contributed by atoms with Gasteiger partial charge in [0.1, 0.15) is 0 Å². The highest BCUT2D eigenvalue weighted by Gasteiger charge is 2.25. The second kappa shape index (κ2) is 9.20. The van der Waals surface area contributed by atoms with E-state index in [0.717, 1.165) is 26.2 Å². The van der Waals surface area contributed by atoms with Gasteiger partial charge < -0.3 is 10.2 Å². The molecular weight excluding hydrogens is 389 g/mol. The fraction of sp³-hybridized carbons (Fsp3) is 0.421. The summed E-state index contributed by atoms with van der Waals surface area (Å²) in [6.07, 6.45) is 0.193. The topological polar surface area (TPSA) is 35.6 Å². The van der Waals surface area contributed by atoms with Crippen LogP contribution >= 0.6 is 34.5 Å². The minimum Gasteiger partial charge on any atom is -0.354 e. The normalized spacial score (nSPS) is 17.2. The number of amides is 1. The van der Waals surface area contributed by atoms with Gasteiger partial charge in [0, 0.05) is 47.6 Å². The Morgan fingerprint density at radius 3 is 2.46 bits per heavy atom. The van der Waals surface area contributed by atoms with Crippen molar-refractivity contribution in [1.29, 1.82) is 0 Å². The number of halogens is 2. The molecular formula is C19H23Cl2N3OS. The number of hydrogen-bond acceptors (Lipinski definition) is 4. The van der Waals surface area contributed by atoms with Crippen molar-refractivity contribution in [2.45, 2.75) is 12.5 Å². The number of likely N-dealkylation sites (N-methyl/N-ethyl adjacent to an activating group) is 1. The Balaban J connectivity index is 1.63. The SMILES string of the molecule is CN1CCN([C@@H](CNC(=O)Cc2c(Cl)cccc2Cl)c2cccs2)CC1. The molecule has 0 unspecified atom stereocenters. The minimum absolute atomic E-state index is 0.0596. The molecule has 2 heterocycles. The number of thiophene rings is 1. The molecule has 0 spiro atoms. The molecule has 1 amide bonds. The zero-order valence-corrected chi connectivity index (χ0v) is 17.1. The first-order valence-corrected chi connectivity index (χ1v) is 10.3. The third kappa shape index (κ3) is 4.99. The zero-order chi connectivity index (χ0) is 18.5. The Morgan fingerprint density at radius 2 is 1.85 bits per heavy atom. The first-order chi connectivity index (χ1) is 12.5. The van der Waals surface area contributed by atoms with Crippen molar-refractivity contribution in [1.82, 2.24) is 15.1 Å². The molecule has 140 valence electrons. The van der Waals surface area contributed by atoms with Crippen LogP contribution in [-0.4, -0.2) is 55.5 Å². The third-order valence-corrected chi connectivity index (χ3v) is 6.42. The van der Waals surface area contributed by atoms with E-state index in [1.165, 1.54) is 4.88 Å². The van der Waals surface area contributed by atoms with E-state index >= 15 is 0 Å². The van der Waals surface area contributed by atoms with Gasteiger partial charge in [-0.15, -0.1) is 11.3 Å². The second-order valence-corrected chi connectivity index (χ2v) is 8.35. The van der Waals surface area contributed by atoms with Gasteiger partial charge in [0.05, 0.1) is 12.5 Å². The summed E-state index contributed by atoms with van der Waals surface area (Å²) in [6.45, 7) is 4.69. The summed E-state index contributed by atoms with van der Waals surface area (Å²) in [7, 11) is 2.15. The molecule has 1 saturated heterocycles. The van der Waals surface area contributed by atoms with Gasteiger partial charge in [0.2, 0.25) is 5.91 Å². The predicted molar refractivity (Wildman–Crippen MR) is 109 cm³/mol. The highest BCUT2D eigenvalue weighted by atomic mass is 35.5. The number of carbonyl (C=O) groups is 1. The maximum Gasteiger partial charge on any atom is 0.224 e. The van der Waals surface area contributed by atoms with Gasteiger partial charge in [-0.25, -0.2) is 0 Å². The molecule has 7 heteroatoms. The van der Waals surface area contributed by atoms with Crippen LogP contribution in [0.25, 0.3) is 0 Å². The Bertz CT molecular complexity index is 710. The number of nitrogens with zero attached hydrogens (tertiary/aromatic N) is 2. The molecule has 4 nitrogen and oxygen atoms in total. The molecule has 1 aromatic heterocycles. The van der Waals surface area contributed by atoms with Gasteiger partial charge in [-0.2, -0.15) is 0 Å². The van der Waals surface area contributed by atoms with E-state index in [-0.39, 0.29) is 18.4 Å². The molecule has 1 aromatic carbocycles. The van der Waals surface area contributed by atoms with E-state index in [9.17, 15) is 4.79 Å². The van der Waals surface area contributed by atoms with E-state index in [1.54, 1.807) is 29.5 Å². The summed E-state index contributed by atoms with van der Waals surface area (Å²) in [6, 6.07) is 9.71. The summed E-state index contributed by atoms with van der Waals surface area (Å²) < 4.78 is 0. The lowest BCUT2D eigenvalue weighted by Crippen LogP contribution is -2.48. The van der Waals surface area contributed by atoms with Crippen molar-refractivity contribution in [3.8, 4) is 0 Å². The molecule has 0 aliphatic carbocycles. The quantitative estimate of drug-likeness (QED) is 0.786. The number of nitrogens with one attached hydrogen (secondary N) is 1. The summed E-state index contributed by atoms with van der Waals surface area (Å²) in [4.78, 5) is 18.5. The van der Waals surface area contributed by atoms with Crippen molar-refractivity contribution in [2.75, 3.05) is 39.8 Å². The van der Waals surface area contributed by atoms with Gasteiger partial charge in [-0.3, -0.25) is 9.69 Å². The van der Waals surface area contributed by atoms with E-state index in [1.807, 2.05) is 0 Å². The van der Waals surface area contributed by atoms with Crippen LogP contribution in [0.4, 0.5) is 0 Å². The Hall–Kier alpha value is -1.11. The summed E-state index contributed by atoms with van der Waals surface area (Å²) in [5.41, 5.74) is 0.681. The summed E-state index contributed by atoms with van der Waals surface area (Å²) in [5, 5.41) is 6.22. The largest absolute Gasteiger partial charge is 0.354 e. The van der Waals surface area contributed by atoms with Crippen molar-refractivity contribution >= 4 is 40.4 Å². The van der Waals surface area contributed by atoms with Crippen molar-refractivity contribution in [3.63, 3.8) is 0 Å². The first-order valence-electron chi connectivity index (χ1n) is 8.70. The van der Waals surface area contributed by atoms with Gasteiger partial charge >= 0.3 is 0 Å². The highest BCUT2D eigenvalue weighted by molar-refractivity contribution is 7.10. The number of benzene rings is 1. The molecule has 1 fully saturated rings. The molecule has 0 saturated carbocycles. The Kier molecular flexibility index (Phi) is 6.95. The molecule has 2 aromatic rings. The third-order valence-electron chi connectivity index (χ3n) is 4.74. The van der Waals surface area contributed by atoms with Gasteiger partial charge in [0.15, 0.2) is 0 Å². The average molecular weight is 412 g/mol. The van der Waals surface area contributed by atoms with E-state index in [2.05, 4.69) is 39.7 Å². The molecule has 0 bridgehead atoms. The van der Waals surface area contributed by atoms with Crippen molar-refractivity contribution in [2.24, 2.45) is 0 Å². The van der Waals surface area contributed by atoms with Gasteiger partial charge in [0.25, 0.3) is 0 Å². The van der Waals surface area contributed by atoms with Crippen LogP contribution in [0.2, 0.25) is 10.0 Å². The molecule has 3 rings (SSSR count). The summed E-state index contributed by atoms with van der Waals surface area (Å²) >= 11 is 14.1. The van der Waals surface area contributed by atoms with Crippen LogP contribution in [0.15, 0.2) is 35.7 Å². The number of carbonyl (C=O) groups excluding carboxylic acids is 1. The summed E-state index contributed by atoms with van der Waals surface area (Å²) in [5.74, 6) is -0.0596. The predicted octanol–water partition coefficient (Wildman–Crippen LogP) is 3.70. The fourth-order valence-corrected chi connectivity index (χ4v) is 4.55. The lowest BCUT2D eigenvalue weighted by molar-refractivity contribution is -0.120. The van der Waals surface area contributed by atoms with Crippen LogP contribution < -0.4 is 5.32 Å². The van der Waals surface area contributed by atoms with Crippen LogP contribution in [-0.2, 0) is 11.2 Å². The minimum atomic E-state index is -0.0596. The lowest BCUT2D eigenvalue weighted by Gasteiger charge is -2.37. The smallest absolute Gasteiger partial charge is 0.224 e. The maximum atomic E-state index is 12.5. The molecule has 26 heavy (non-hydrogen) atoms. The average Bonchev–Trinajstić information content (AvgIpc) is 3.14. The van der Waals surface area contributed by atoms with Crippen LogP contribution in [0.3, 0.4) is 0 Å². The van der Waals surface area contributed by atoms with Crippen LogP contribution in [0, 0.1) is 0 Å². The molecule has 1 aliphatic rings. The first kappa shape index (κ1) is 19.6. The number of rotatable bonds is 6. The van der Waals surface area contributed by atoms with E-state index in [4.69, 9.17) is 23.2 Å². The molecule has 1 aliphatic heterocycles. The number of piperazine rings is 1. The lowest BCUT2D eigenvalue weighted by atomic mass is 10.1. The highest BCUT2D eigenvalue weighted by Crippen LogP contribution is 2.27. The van der Waals surface area contributed by atoms with Crippen LogP contribution in [0.1, 0.15) is 16.5 Å².